The number of carbonyl (C=O) groups is 2. The number of amides is 1. The van der Waals surface area contributed by atoms with Crippen molar-refractivity contribution in [2.45, 2.75) is 27.7 Å². The monoisotopic (exact) mass is 377 g/mol. The fourth-order valence-electron chi connectivity index (χ4n) is 2.56. The van der Waals surface area contributed by atoms with Crippen LogP contribution in [0.2, 0.25) is 5.02 Å². The number of hydrazone groups is 1. The molecule has 1 heterocycles. The van der Waals surface area contributed by atoms with Crippen molar-refractivity contribution in [2.24, 2.45) is 5.10 Å². The van der Waals surface area contributed by atoms with E-state index in [1.807, 2.05) is 0 Å². The number of aromatic hydroxyl groups is 1. The first-order valence-electron chi connectivity index (χ1n) is 7.96. The van der Waals surface area contributed by atoms with Gasteiger partial charge in [-0.2, -0.15) is 5.10 Å². The molecule has 2 rings (SSSR count). The molecule has 0 atom stereocenters. The summed E-state index contributed by atoms with van der Waals surface area (Å²) < 4.78 is 5.05. The molecule has 0 aliphatic rings. The van der Waals surface area contributed by atoms with Crippen molar-refractivity contribution in [1.82, 2.24) is 10.4 Å². The Morgan fingerprint density at radius 1 is 1.35 bits per heavy atom. The van der Waals surface area contributed by atoms with E-state index in [0.717, 1.165) is 0 Å². The number of aryl methyl sites for hydroxylation is 1. The number of nitrogens with zero attached hydrogens (tertiary/aromatic N) is 1. The van der Waals surface area contributed by atoms with Gasteiger partial charge in [0.1, 0.15) is 5.75 Å². The highest BCUT2D eigenvalue weighted by Crippen LogP contribution is 2.22. The summed E-state index contributed by atoms with van der Waals surface area (Å²) in [6.45, 7) is 7.24. The smallest absolute Gasteiger partial charge is 0.340 e. The third-order valence-corrected chi connectivity index (χ3v) is 4.04. The van der Waals surface area contributed by atoms with Crippen LogP contribution in [0.3, 0.4) is 0 Å². The first-order valence-corrected chi connectivity index (χ1v) is 8.33. The minimum absolute atomic E-state index is 0.0145. The highest BCUT2D eigenvalue weighted by atomic mass is 35.5. The number of esters is 1. The molecule has 3 N–H and O–H groups in total. The highest BCUT2D eigenvalue weighted by molar-refractivity contribution is 6.31. The number of ether oxygens (including phenoxy) is 1. The number of aromatic amines is 1. The number of rotatable bonds is 5. The summed E-state index contributed by atoms with van der Waals surface area (Å²) in [4.78, 5) is 27.3. The molecule has 0 radical (unpaired) electrons. The van der Waals surface area contributed by atoms with Crippen LogP contribution < -0.4 is 5.43 Å². The normalized spacial score (nSPS) is 11.3. The van der Waals surface area contributed by atoms with E-state index >= 15 is 0 Å². The van der Waals surface area contributed by atoms with Crippen molar-refractivity contribution >= 4 is 29.2 Å². The molecule has 0 fully saturated rings. The number of phenolic OH excluding ortho intramolecular Hbond substituents is 1. The van der Waals surface area contributed by atoms with Gasteiger partial charge in [0.05, 0.1) is 29.1 Å². The molecule has 2 aromatic rings. The zero-order chi connectivity index (χ0) is 19.4. The Hall–Kier alpha value is -2.80. The maximum absolute atomic E-state index is 12.2. The van der Waals surface area contributed by atoms with Gasteiger partial charge in [-0.15, -0.1) is 0 Å². The molecule has 0 unspecified atom stereocenters. The average molecular weight is 378 g/mol. The van der Waals surface area contributed by atoms with E-state index in [4.69, 9.17) is 16.3 Å². The molecule has 1 aromatic carbocycles. The Morgan fingerprint density at radius 3 is 2.69 bits per heavy atom. The minimum Gasteiger partial charge on any atom is -0.507 e. The van der Waals surface area contributed by atoms with E-state index in [9.17, 15) is 14.7 Å². The van der Waals surface area contributed by atoms with Crippen LogP contribution in [0.25, 0.3) is 0 Å². The molecule has 1 aromatic heterocycles. The van der Waals surface area contributed by atoms with E-state index in [2.05, 4.69) is 15.5 Å². The molecule has 138 valence electrons. The third kappa shape index (κ3) is 4.05. The predicted molar refractivity (Wildman–Crippen MR) is 99.0 cm³/mol. The Kier molecular flexibility index (Phi) is 6.05. The maximum Gasteiger partial charge on any atom is 0.340 e. The first kappa shape index (κ1) is 19.5. The van der Waals surface area contributed by atoms with E-state index in [1.54, 1.807) is 27.7 Å². The van der Waals surface area contributed by atoms with Gasteiger partial charge in [-0.1, -0.05) is 11.6 Å². The van der Waals surface area contributed by atoms with E-state index in [-0.39, 0.29) is 17.9 Å². The molecular formula is C18H20ClN3O4. The van der Waals surface area contributed by atoms with Crippen LogP contribution in [0.5, 0.6) is 5.75 Å². The van der Waals surface area contributed by atoms with Crippen LogP contribution in [0.1, 0.15) is 51.5 Å². The summed E-state index contributed by atoms with van der Waals surface area (Å²) in [6, 6.07) is 4.15. The number of H-pyrrole nitrogens is 1. The van der Waals surface area contributed by atoms with Gasteiger partial charge in [-0.3, -0.25) is 4.79 Å². The van der Waals surface area contributed by atoms with Gasteiger partial charge in [0.25, 0.3) is 5.91 Å². The van der Waals surface area contributed by atoms with Crippen LogP contribution in [0.4, 0.5) is 0 Å². The molecular weight excluding hydrogens is 358 g/mol. The molecule has 0 spiro atoms. The van der Waals surface area contributed by atoms with Crippen molar-refractivity contribution in [3.63, 3.8) is 0 Å². The topological polar surface area (TPSA) is 104 Å². The second-order valence-corrected chi connectivity index (χ2v) is 6.08. The fourth-order valence-corrected chi connectivity index (χ4v) is 2.73. The molecule has 0 aliphatic carbocycles. The van der Waals surface area contributed by atoms with Crippen LogP contribution in [-0.2, 0) is 4.74 Å². The van der Waals surface area contributed by atoms with Gasteiger partial charge >= 0.3 is 5.97 Å². The van der Waals surface area contributed by atoms with E-state index < -0.39 is 11.9 Å². The highest BCUT2D eigenvalue weighted by Gasteiger charge is 2.20. The quantitative estimate of drug-likeness (QED) is 0.422. The Morgan fingerprint density at radius 2 is 2.04 bits per heavy atom. The van der Waals surface area contributed by atoms with Gasteiger partial charge in [-0.25, -0.2) is 10.2 Å². The maximum atomic E-state index is 12.2. The zero-order valence-corrected chi connectivity index (χ0v) is 15.7. The summed E-state index contributed by atoms with van der Waals surface area (Å²) in [5.41, 5.74) is 5.26. The lowest BCUT2D eigenvalue weighted by molar-refractivity contribution is 0.0524. The van der Waals surface area contributed by atoms with Crippen molar-refractivity contribution in [2.75, 3.05) is 6.61 Å². The number of benzene rings is 1. The van der Waals surface area contributed by atoms with Crippen molar-refractivity contribution in [1.29, 1.82) is 0 Å². The summed E-state index contributed by atoms with van der Waals surface area (Å²) >= 11 is 5.84. The summed E-state index contributed by atoms with van der Waals surface area (Å²) in [5.74, 6) is -1.21. The minimum atomic E-state index is -0.601. The predicted octanol–water partition coefficient (Wildman–Crippen LogP) is 3.32. The van der Waals surface area contributed by atoms with Crippen LogP contribution in [0, 0.1) is 13.8 Å². The molecule has 0 aliphatic heterocycles. The van der Waals surface area contributed by atoms with Gasteiger partial charge in [0, 0.05) is 10.7 Å². The largest absolute Gasteiger partial charge is 0.507 e. The fraction of sp³-hybridized carbons (Fsp3) is 0.278. The number of carbonyl (C=O) groups excluding carboxylic acids is 2. The zero-order valence-electron chi connectivity index (χ0n) is 14.9. The Labute approximate surface area is 156 Å². The molecule has 7 nitrogen and oxygen atoms in total. The number of hydrogen-bond acceptors (Lipinski definition) is 5. The lowest BCUT2D eigenvalue weighted by Gasteiger charge is -2.05. The van der Waals surface area contributed by atoms with E-state index in [0.29, 0.717) is 33.2 Å². The average Bonchev–Trinajstić information content (AvgIpc) is 2.89. The molecule has 0 saturated carbocycles. The second-order valence-electron chi connectivity index (χ2n) is 5.65. The first-order chi connectivity index (χ1) is 12.3. The van der Waals surface area contributed by atoms with Crippen molar-refractivity contribution in [3.8, 4) is 5.75 Å². The molecule has 0 bridgehead atoms. The summed E-state index contributed by atoms with van der Waals surface area (Å²) in [7, 11) is 0. The van der Waals surface area contributed by atoms with Crippen molar-refractivity contribution < 1.29 is 19.4 Å². The van der Waals surface area contributed by atoms with Crippen molar-refractivity contribution in [3.05, 3.63) is 51.3 Å². The molecule has 26 heavy (non-hydrogen) atoms. The van der Waals surface area contributed by atoms with Crippen LogP contribution in [-0.4, -0.2) is 34.3 Å². The Balaban J connectivity index is 2.25. The van der Waals surface area contributed by atoms with Crippen LogP contribution >= 0.6 is 11.6 Å². The number of aromatic nitrogens is 1. The molecule has 8 heteroatoms. The summed E-state index contributed by atoms with van der Waals surface area (Å²) in [6.07, 6.45) is 0. The van der Waals surface area contributed by atoms with Crippen LogP contribution in [0.15, 0.2) is 23.3 Å². The number of phenols is 1. The lowest BCUT2D eigenvalue weighted by atomic mass is 10.1. The van der Waals surface area contributed by atoms with Gasteiger partial charge < -0.3 is 14.8 Å². The molecule has 0 saturated heterocycles. The summed E-state index contributed by atoms with van der Waals surface area (Å²) in [5, 5.41) is 14.1. The van der Waals surface area contributed by atoms with Gasteiger partial charge in [0.15, 0.2) is 0 Å². The number of nitrogens with one attached hydrogen (secondary N) is 2. The van der Waals surface area contributed by atoms with Gasteiger partial charge in [0.2, 0.25) is 0 Å². The molecule has 1 amide bonds. The number of hydrogen-bond donors (Lipinski definition) is 3. The third-order valence-electron chi connectivity index (χ3n) is 3.81. The Bertz CT molecular complexity index is 887. The number of halogens is 1. The SMILES string of the molecule is CCOC(=O)c1c(C)[nH]c(/C(C)=N/NC(=O)c2cc(Cl)ccc2O)c1C. The van der Waals surface area contributed by atoms with E-state index in [1.165, 1.54) is 18.2 Å². The van der Waals surface area contributed by atoms with Gasteiger partial charge in [-0.05, 0) is 51.5 Å². The lowest BCUT2D eigenvalue weighted by Crippen LogP contribution is -2.19. The standard InChI is InChI=1S/C18H20ClN3O4/c1-5-26-18(25)15-9(2)16(20-10(15)3)11(4)21-22-17(24)13-8-12(19)6-7-14(13)23/h6-8,20,23H,5H2,1-4H3,(H,22,24)/b21-11+. The second kappa shape index (κ2) is 8.05.